The summed E-state index contributed by atoms with van der Waals surface area (Å²) in [6.07, 6.45) is -1.83. The van der Waals surface area contributed by atoms with Gasteiger partial charge >= 0.3 is 0 Å². The summed E-state index contributed by atoms with van der Waals surface area (Å²) in [5, 5.41) is 10.4. The molecule has 22 heavy (non-hydrogen) atoms. The van der Waals surface area contributed by atoms with Crippen molar-refractivity contribution in [3.05, 3.63) is 6.33 Å². The third-order valence-corrected chi connectivity index (χ3v) is 3.75. The molecule has 0 radical (unpaired) electrons. The molecule has 3 N–H and O–H groups in total. The van der Waals surface area contributed by atoms with E-state index in [0.717, 1.165) is 0 Å². The summed E-state index contributed by atoms with van der Waals surface area (Å²) in [6.45, 7) is 5.14. The Labute approximate surface area is 126 Å². The summed E-state index contributed by atoms with van der Waals surface area (Å²) in [6, 6.07) is 0. The fourth-order valence-electron chi connectivity index (χ4n) is 2.68. The van der Waals surface area contributed by atoms with Crippen LogP contribution in [0.2, 0.25) is 0 Å². The number of alkyl halides is 1. The molecule has 0 unspecified atom stereocenters. The van der Waals surface area contributed by atoms with Crippen LogP contribution in [0, 0.1) is 0 Å². The van der Waals surface area contributed by atoms with E-state index in [2.05, 4.69) is 15.0 Å². The third-order valence-electron chi connectivity index (χ3n) is 3.75. The van der Waals surface area contributed by atoms with Crippen LogP contribution < -0.4 is 10.5 Å². The molecule has 0 aliphatic carbocycles. The number of hydrogen-bond donors (Lipinski definition) is 2. The standard InChI is InChI=1S/C13H18FN5O3/c1-4-21-10-7-9(17-12(15)18-10)19(5-16-7)11-13(3,20)8(14)6(2)22-11/h5-6,8,11,20H,4H2,1-3H3,(H2,15,17,18)/t6-,8-,11-,13-/m1/s1. The minimum absolute atomic E-state index is 0.000173. The number of nitrogens with two attached hydrogens (primary N) is 1. The monoisotopic (exact) mass is 311 g/mol. The Morgan fingerprint density at radius 1 is 1.55 bits per heavy atom. The van der Waals surface area contributed by atoms with Crippen LogP contribution in [-0.4, -0.2) is 49.1 Å². The summed E-state index contributed by atoms with van der Waals surface area (Å²) >= 11 is 0. The highest BCUT2D eigenvalue weighted by molar-refractivity contribution is 5.77. The van der Waals surface area contributed by atoms with Crippen LogP contribution in [0.25, 0.3) is 11.2 Å². The van der Waals surface area contributed by atoms with E-state index in [1.807, 2.05) is 0 Å². The smallest absolute Gasteiger partial charge is 0.247 e. The number of fused-ring (bicyclic) bond motifs is 1. The lowest BCUT2D eigenvalue weighted by Gasteiger charge is -2.26. The van der Waals surface area contributed by atoms with E-state index in [1.54, 1.807) is 13.8 Å². The van der Waals surface area contributed by atoms with Gasteiger partial charge in [-0.3, -0.25) is 4.57 Å². The number of halogens is 1. The molecule has 1 saturated heterocycles. The molecule has 0 amide bonds. The number of rotatable bonds is 3. The molecular formula is C13H18FN5O3. The van der Waals surface area contributed by atoms with Crippen molar-refractivity contribution >= 4 is 17.1 Å². The number of nitrogens with zero attached hydrogens (tertiary/aromatic N) is 4. The second kappa shape index (κ2) is 5.03. The van der Waals surface area contributed by atoms with Gasteiger partial charge in [-0.1, -0.05) is 0 Å². The molecule has 0 bridgehead atoms. The molecule has 3 heterocycles. The lowest BCUT2D eigenvalue weighted by atomic mass is 9.98. The zero-order valence-electron chi connectivity index (χ0n) is 12.5. The van der Waals surface area contributed by atoms with Crippen LogP contribution in [0.5, 0.6) is 5.88 Å². The number of ether oxygens (including phenoxy) is 2. The van der Waals surface area contributed by atoms with Crippen molar-refractivity contribution in [2.24, 2.45) is 0 Å². The molecule has 1 aliphatic heterocycles. The highest BCUT2D eigenvalue weighted by atomic mass is 19.1. The van der Waals surface area contributed by atoms with Crippen LogP contribution in [0.4, 0.5) is 10.3 Å². The van der Waals surface area contributed by atoms with Crippen molar-refractivity contribution in [3.8, 4) is 5.88 Å². The molecule has 3 rings (SSSR count). The number of imidazole rings is 1. The summed E-state index contributed by atoms with van der Waals surface area (Å²) in [5.74, 6) is 0.242. The Morgan fingerprint density at radius 3 is 2.86 bits per heavy atom. The first-order valence-electron chi connectivity index (χ1n) is 7.01. The second-order valence-corrected chi connectivity index (χ2v) is 5.47. The molecule has 2 aromatic rings. The topological polar surface area (TPSA) is 108 Å². The van der Waals surface area contributed by atoms with Crippen LogP contribution >= 0.6 is 0 Å². The largest absolute Gasteiger partial charge is 0.476 e. The van der Waals surface area contributed by atoms with E-state index in [1.165, 1.54) is 17.8 Å². The van der Waals surface area contributed by atoms with Crippen molar-refractivity contribution in [2.75, 3.05) is 12.3 Å². The van der Waals surface area contributed by atoms with E-state index >= 15 is 0 Å². The van der Waals surface area contributed by atoms with Gasteiger partial charge in [-0.05, 0) is 20.8 Å². The number of anilines is 1. The summed E-state index contributed by atoms with van der Waals surface area (Å²) in [7, 11) is 0. The molecule has 0 spiro atoms. The van der Waals surface area contributed by atoms with Gasteiger partial charge in [0.1, 0.15) is 5.60 Å². The van der Waals surface area contributed by atoms with E-state index < -0.39 is 24.1 Å². The van der Waals surface area contributed by atoms with Crippen molar-refractivity contribution in [1.29, 1.82) is 0 Å². The van der Waals surface area contributed by atoms with Crippen molar-refractivity contribution in [1.82, 2.24) is 19.5 Å². The molecule has 2 aromatic heterocycles. The molecule has 8 nitrogen and oxygen atoms in total. The maximum absolute atomic E-state index is 14.1. The van der Waals surface area contributed by atoms with Crippen LogP contribution in [0.1, 0.15) is 27.0 Å². The fourth-order valence-corrected chi connectivity index (χ4v) is 2.68. The maximum Gasteiger partial charge on any atom is 0.247 e. The normalized spacial score (nSPS) is 31.8. The molecule has 1 aliphatic rings. The van der Waals surface area contributed by atoms with Gasteiger partial charge < -0.3 is 20.3 Å². The van der Waals surface area contributed by atoms with Gasteiger partial charge in [-0.25, -0.2) is 9.37 Å². The number of aliphatic hydroxyl groups is 1. The van der Waals surface area contributed by atoms with Crippen LogP contribution in [0.15, 0.2) is 6.33 Å². The quantitative estimate of drug-likeness (QED) is 0.863. The average Bonchev–Trinajstić information content (AvgIpc) is 2.94. The second-order valence-electron chi connectivity index (χ2n) is 5.47. The first-order chi connectivity index (χ1) is 10.4. The highest BCUT2D eigenvalue weighted by Gasteiger charge is 2.53. The van der Waals surface area contributed by atoms with Gasteiger partial charge in [0.25, 0.3) is 0 Å². The SMILES string of the molecule is CCOc1nc(N)nc2c1ncn2[C@@H]1O[C@H](C)[C@@H](F)[C@@]1(C)O. The summed E-state index contributed by atoms with van der Waals surface area (Å²) in [4.78, 5) is 12.3. The lowest BCUT2D eigenvalue weighted by Crippen LogP contribution is -2.40. The Balaban J connectivity index is 2.13. The zero-order chi connectivity index (χ0) is 16.1. The van der Waals surface area contributed by atoms with Gasteiger partial charge in [0.15, 0.2) is 23.6 Å². The first-order valence-corrected chi connectivity index (χ1v) is 7.01. The van der Waals surface area contributed by atoms with Crippen molar-refractivity contribution in [2.45, 2.75) is 44.9 Å². The van der Waals surface area contributed by atoms with E-state index in [9.17, 15) is 9.50 Å². The third kappa shape index (κ3) is 2.08. The Morgan fingerprint density at radius 2 is 2.27 bits per heavy atom. The molecule has 0 aromatic carbocycles. The Kier molecular flexibility index (Phi) is 3.41. The predicted octanol–water partition coefficient (Wildman–Crippen LogP) is 0.814. The molecule has 1 fully saturated rings. The predicted molar refractivity (Wildman–Crippen MR) is 76.0 cm³/mol. The maximum atomic E-state index is 14.1. The minimum Gasteiger partial charge on any atom is -0.476 e. The van der Waals surface area contributed by atoms with Crippen LogP contribution in [-0.2, 0) is 4.74 Å². The lowest BCUT2D eigenvalue weighted by molar-refractivity contribution is -0.0844. The van der Waals surface area contributed by atoms with Gasteiger partial charge in [0.2, 0.25) is 11.8 Å². The van der Waals surface area contributed by atoms with Crippen molar-refractivity contribution < 1.29 is 19.0 Å². The van der Waals surface area contributed by atoms with E-state index in [0.29, 0.717) is 17.8 Å². The van der Waals surface area contributed by atoms with Gasteiger partial charge in [-0.15, -0.1) is 0 Å². The number of aromatic nitrogens is 4. The van der Waals surface area contributed by atoms with Gasteiger partial charge in [0.05, 0.1) is 19.0 Å². The number of hydrogen-bond acceptors (Lipinski definition) is 7. The summed E-state index contributed by atoms with van der Waals surface area (Å²) < 4.78 is 26.5. The molecule has 4 atom stereocenters. The van der Waals surface area contributed by atoms with Gasteiger partial charge in [0, 0.05) is 0 Å². The first kappa shape index (κ1) is 14.9. The highest BCUT2D eigenvalue weighted by Crippen LogP contribution is 2.41. The van der Waals surface area contributed by atoms with E-state index in [4.69, 9.17) is 15.2 Å². The van der Waals surface area contributed by atoms with E-state index in [-0.39, 0.29) is 11.8 Å². The molecule has 9 heteroatoms. The molecular weight excluding hydrogens is 293 g/mol. The summed E-state index contributed by atoms with van der Waals surface area (Å²) in [5.41, 5.74) is 4.68. The number of nitrogen functional groups attached to an aromatic ring is 1. The zero-order valence-corrected chi connectivity index (χ0v) is 12.5. The van der Waals surface area contributed by atoms with Gasteiger partial charge in [-0.2, -0.15) is 9.97 Å². The minimum atomic E-state index is -1.71. The Hall–Kier alpha value is -2.00. The molecule has 0 saturated carbocycles. The fraction of sp³-hybridized carbons (Fsp3) is 0.615. The van der Waals surface area contributed by atoms with Crippen LogP contribution in [0.3, 0.4) is 0 Å². The van der Waals surface area contributed by atoms with Crippen molar-refractivity contribution in [3.63, 3.8) is 0 Å². The molecule has 120 valence electrons. The Bertz CT molecular complexity index is 704. The average molecular weight is 311 g/mol.